The Kier molecular flexibility index (Phi) is 5.82. The fraction of sp³-hybridized carbons (Fsp3) is 0.167. The van der Waals surface area contributed by atoms with Crippen molar-refractivity contribution in [1.82, 2.24) is 4.90 Å². The molecule has 0 unspecified atom stereocenters. The Morgan fingerprint density at radius 3 is 2.42 bits per heavy atom. The maximum atomic E-state index is 13.0. The highest BCUT2D eigenvalue weighted by atomic mass is 35.5. The molecule has 6 nitrogen and oxygen atoms in total. The number of ketones is 1. The van der Waals surface area contributed by atoms with Crippen molar-refractivity contribution in [2.45, 2.75) is 19.5 Å². The van der Waals surface area contributed by atoms with E-state index in [4.69, 9.17) is 20.8 Å². The van der Waals surface area contributed by atoms with Crippen LogP contribution in [0.25, 0.3) is 5.76 Å². The molecular weight excluding hydrogens is 418 g/mol. The van der Waals surface area contributed by atoms with Crippen LogP contribution in [0.4, 0.5) is 0 Å². The molecule has 2 heterocycles. The van der Waals surface area contributed by atoms with E-state index in [1.165, 1.54) is 11.2 Å². The van der Waals surface area contributed by atoms with Crippen molar-refractivity contribution in [2.75, 3.05) is 6.61 Å². The van der Waals surface area contributed by atoms with E-state index in [0.29, 0.717) is 34.3 Å². The van der Waals surface area contributed by atoms with Crippen molar-refractivity contribution in [2.24, 2.45) is 0 Å². The number of Topliss-reactive ketones (excluding diaryl/α,β-unsaturated/α-hetero) is 1. The van der Waals surface area contributed by atoms with Crippen LogP contribution in [-0.4, -0.2) is 28.3 Å². The summed E-state index contributed by atoms with van der Waals surface area (Å²) in [4.78, 5) is 27.3. The summed E-state index contributed by atoms with van der Waals surface area (Å²) in [5.74, 6) is -0.504. The average Bonchev–Trinajstić information content (AvgIpc) is 3.37. The Balaban J connectivity index is 1.82. The van der Waals surface area contributed by atoms with E-state index in [1.807, 2.05) is 6.92 Å². The minimum atomic E-state index is -0.781. The second-order valence-electron chi connectivity index (χ2n) is 7.02. The fourth-order valence-corrected chi connectivity index (χ4v) is 3.76. The van der Waals surface area contributed by atoms with Gasteiger partial charge in [0.05, 0.1) is 31.0 Å². The second-order valence-corrected chi connectivity index (χ2v) is 7.45. The number of hydrogen-bond acceptors (Lipinski definition) is 5. The highest BCUT2D eigenvalue weighted by molar-refractivity contribution is 6.46. The Labute approximate surface area is 184 Å². The van der Waals surface area contributed by atoms with Gasteiger partial charge in [0, 0.05) is 10.6 Å². The monoisotopic (exact) mass is 437 g/mol. The number of aliphatic hydroxyl groups excluding tert-OH is 1. The zero-order valence-corrected chi connectivity index (χ0v) is 17.5. The van der Waals surface area contributed by atoms with E-state index in [-0.39, 0.29) is 17.9 Å². The first-order valence-electron chi connectivity index (χ1n) is 9.79. The van der Waals surface area contributed by atoms with Gasteiger partial charge in [0.2, 0.25) is 0 Å². The van der Waals surface area contributed by atoms with Crippen molar-refractivity contribution in [3.63, 3.8) is 0 Å². The molecule has 0 aliphatic carbocycles. The van der Waals surface area contributed by atoms with Crippen molar-refractivity contribution in [1.29, 1.82) is 0 Å². The minimum absolute atomic E-state index is 0.0167. The number of benzene rings is 2. The van der Waals surface area contributed by atoms with Crippen molar-refractivity contribution in [3.8, 4) is 5.75 Å². The normalized spacial score (nSPS) is 17.9. The van der Waals surface area contributed by atoms with Gasteiger partial charge in [-0.05, 0) is 61.0 Å². The summed E-state index contributed by atoms with van der Waals surface area (Å²) in [7, 11) is 0. The van der Waals surface area contributed by atoms with Gasteiger partial charge in [0.15, 0.2) is 0 Å². The summed E-state index contributed by atoms with van der Waals surface area (Å²) in [6.07, 6.45) is 1.51. The van der Waals surface area contributed by atoms with Crippen molar-refractivity contribution < 1.29 is 23.8 Å². The third-order valence-electron chi connectivity index (χ3n) is 5.07. The van der Waals surface area contributed by atoms with Gasteiger partial charge in [0.1, 0.15) is 17.3 Å². The largest absolute Gasteiger partial charge is 0.507 e. The van der Waals surface area contributed by atoms with Gasteiger partial charge in [-0.1, -0.05) is 23.7 Å². The third-order valence-corrected chi connectivity index (χ3v) is 5.32. The molecule has 1 saturated heterocycles. The van der Waals surface area contributed by atoms with E-state index < -0.39 is 17.7 Å². The molecular formula is C24H20ClNO5. The Morgan fingerprint density at radius 2 is 1.81 bits per heavy atom. The zero-order chi connectivity index (χ0) is 22.0. The summed E-state index contributed by atoms with van der Waals surface area (Å²) in [6.45, 7) is 2.50. The first-order chi connectivity index (χ1) is 15.0. The number of furan rings is 1. The average molecular weight is 438 g/mol. The molecule has 7 heteroatoms. The lowest BCUT2D eigenvalue weighted by atomic mass is 9.95. The van der Waals surface area contributed by atoms with Gasteiger partial charge < -0.3 is 19.2 Å². The molecule has 0 radical (unpaired) electrons. The summed E-state index contributed by atoms with van der Waals surface area (Å²) >= 11 is 5.95. The van der Waals surface area contributed by atoms with Crippen LogP contribution in [0, 0.1) is 0 Å². The van der Waals surface area contributed by atoms with Crippen LogP contribution >= 0.6 is 11.6 Å². The molecule has 1 aliphatic heterocycles. The number of likely N-dealkylation sites (tertiary alicyclic amines) is 1. The molecule has 1 amide bonds. The van der Waals surface area contributed by atoms with Gasteiger partial charge in [-0.15, -0.1) is 0 Å². The lowest BCUT2D eigenvalue weighted by Crippen LogP contribution is -2.29. The number of hydrogen-bond donors (Lipinski definition) is 1. The highest BCUT2D eigenvalue weighted by Gasteiger charge is 2.46. The smallest absolute Gasteiger partial charge is 0.296 e. The highest BCUT2D eigenvalue weighted by Crippen LogP contribution is 2.40. The van der Waals surface area contributed by atoms with Crippen LogP contribution in [-0.2, 0) is 16.1 Å². The summed E-state index contributed by atoms with van der Waals surface area (Å²) in [6, 6.07) is 16.2. The van der Waals surface area contributed by atoms with Gasteiger partial charge in [0.25, 0.3) is 11.7 Å². The SMILES string of the molecule is CCOc1ccc([C@H]2C(=C(O)c3ccc(Cl)cc3)C(=O)C(=O)N2Cc2ccco2)cc1. The molecule has 2 aromatic carbocycles. The number of carbonyl (C=O) groups excluding carboxylic acids is 2. The molecule has 1 N–H and O–H groups in total. The second kappa shape index (κ2) is 8.70. The maximum absolute atomic E-state index is 13.0. The third kappa shape index (κ3) is 4.07. The van der Waals surface area contributed by atoms with Gasteiger partial charge in [-0.25, -0.2) is 0 Å². The molecule has 158 valence electrons. The number of carbonyl (C=O) groups is 2. The Morgan fingerprint density at radius 1 is 1.10 bits per heavy atom. The standard InChI is InChI=1S/C24H20ClNO5/c1-2-30-18-11-7-15(8-12-18)21-20(22(27)16-5-9-17(25)10-6-16)23(28)24(29)26(21)14-19-4-3-13-31-19/h3-13,21,27H,2,14H2,1H3/t21-/m0/s1. The van der Waals surface area contributed by atoms with Crippen LogP contribution in [0.1, 0.15) is 29.9 Å². The molecule has 31 heavy (non-hydrogen) atoms. The topological polar surface area (TPSA) is 80.0 Å². The lowest BCUT2D eigenvalue weighted by molar-refractivity contribution is -0.140. The molecule has 1 fully saturated rings. The van der Waals surface area contributed by atoms with Crippen LogP contribution in [0.2, 0.25) is 5.02 Å². The number of rotatable bonds is 6. The summed E-state index contributed by atoms with van der Waals surface area (Å²) in [5.41, 5.74) is 1.09. The summed E-state index contributed by atoms with van der Waals surface area (Å²) < 4.78 is 10.9. The quantitative estimate of drug-likeness (QED) is 0.335. The lowest BCUT2D eigenvalue weighted by Gasteiger charge is -2.24. The first kappa shape index (κ1) is 20.8. The van der Waals surface area contributed by atoms with Crippen molar-refractivity contribution in [3.05, 3.63) is 94.4 Å². The number of nitrogens with zero attached hydrogens (tertiary/aromatic N) is 1. The van der Waals surface area contributed by atoms with Crippen LogP contribution in [0.3, 0.4) is 0 Å². The minimum Gasteiger partial charge on any atom is -0.507 e. The molecule has 0 saturated carbocycles. The number of halogens is 1. The van der Waals surface area contributed by atoms with E-state index in [0.717, 1.165) is 0 Å². The zero-order valence-electron chi connectivity index (χ0n) is 16.7. The fourth-order valence-electron chi connectivity index (χ4n) is 3.64. The molecule has 1 aromatic heterocycles. The maximum Gasteiger partial charge on any atom is 0.296 e. The first-order valence-corrected chi connectivity index (χ1v) is 10.2. The van der Waals surface area contributed by atoms with E-state index in [2.05, 4.69) is 0 Å². The number of amides is 1. The molecule has 4 rings (SSSR count). The van der Waals surface area contributed by atoms with E-state index in [1.54, 1.807) is 60.7 Å². The van der Waals surface area contributed by atoms with Crippen molar-refractivity contribution >= 4 is 29.1 Å². The molecule has 1 aliphatic rings. The number of ether oxygens (including phenoxy) is 1. The molecule has 1 atom stereocenters. The van der Waals surface area contributed by atoms with E-state index >= 15 is 0 Å². The van der Waals surface area contributed by atoms with Crippen LogP contribution < -0.4 is 4.74 Å². The number of aliphatic hydroxyl groups is 1. The molecule has 0 spiro atoms. The van der Waals surface area contributed by atoms with Crippen LogP contribution in [0.15, 0.2) is 76.9 Å². The van der Waals surface area contributed by atoms with Gasteiger partial charge in [-0.2, -0.15) is 0 Å². The van der Waals surface area contributed by atoms with Gasteiger partial charge in [-0.3, -0.25) is 9.59 Å². The van der Waals surface area contributed by atoms with Gasteiger partial charge >= 0.3 is 0 Å². The summed E-state index contributed by atoms with van der Waals surface area (Å²) in [5, 5.41) is 11.5. The van der Waals surface area contributed by atoms with E-state index in [9.17, 15) is 14.7 Å². The Hall–Kier alpha value is -3.51. The predicted molar refractivity (Wildman–Crippen MR) is 116 cm³/mol. The molecule has 0 bridgehead atoms. The molecule has 3 aromatic rings. The Bertz CT molecular complexity index is 1120. The predicted octanol–water partition coefficient (Wildman–Crippen LogP) is 4.95. The van der Waals surface area contributed by atoms with Crippen LogP contribution in [0.5, 0.6) is 5.75 Å².